The summed E-state index contributed by atoms with van der Waals surface area (Å²) >= 11 is 1.54. The molecule has 1 aliphatic rings. The van der Waals surface area contributed by atoms with Crippen molar-refractivity contribution in [3.8, 4) is 0 Å². The standard InChI is InChI=1S/C18H21N3O4S2/c1-14(22)20-7-9-21(10-8-20)27(24,25)17-6-2-4-15(12-17)18(23)19-13-16-5-3-11-26-16/h2-6,11-12H,7-10,13H2,1H3,(H,19,23). The third-order valence-corrected chi connectivity index (χ3v) is 7.19. The van der Waals surface area contributed by atoms with E-state index in [9.17, 15) is 18.0 Å². The SMILES string of the molecule is CC(=O)N1CCN(S(=O)(=O)c2cccc(C(=O)NCc3cccs3)c2)CC1. The van der Waals surface area contributed by atoms with E-state index in [0.29, 0.717) is 25.2 Å². The van der Waals surface area contributed by atoms with Crippen LogP contribution in [0.5, 0.6) is 0 Å². The van der Waals surface area contributed by atoms with Crippen molar-refractivity contribution in [2.24, 2.45) is 0 Å². The molecule has 1 fully saturated rings. The number of nitrogens with one attached hydrogen (secondary N) is 1. The molecule has 2 aromatic rings. The summed E-state index contributed by atoms with van der Waals surface area (Å²) in [6, 6.07) is 9.88. The molecule has 0 unspecified atom stereocenters. The Hall–Kier alpha value is -2.23. The number of piperazine rings is 1. The Balaban J connectivity index is 1.70. The number of hydrogen-bond donors (Lipinski definition) is 1. The lowest BCUT2D eigenvalue weighted by Crippen LogP contribution is -2.49. The summed E-state index contributed by atoms with van der Waals surface area (Å²) in [5, 5.41) is 4.73. The minimum Gasteiger partial charge on any atom is -0.347 e. The second-order valence-corrected chi connectivity index (χ2v) is 9.17. The van der Waals surface area contributed by atoms with Gasteiger partial charge in [0.2, 0.25) is 15.9 Å². The second-order valence-electron chi connectivity index (χ2n) is 6.20. The summed E-state index contributed by atoms with van der Waals surface area (Å²) in [6.07, 6.45) is 0. The van der Waals surface area contributed by atoms with Crippen LogP contribution in [0.25, 0.3) is 0 Å². The van der Waals surface area contributed by atoms with Crippen molar-refractivity contribution in [1.82, 2.24) is 14.5 Å². The van der Waals surface area contributed by atoms with E-state index in [1.807, 2.05) is 17.5 Å². The molecule has 144 valence electrons. The summed E-state index contributed by atoms with van der Waals surface area (Å²) in [6.45, 7) is 3.11. The Labute approximate surface area is 162 Å². The largest absolute Gasteiger partial charge is 0.347 e. The first-order chi connectivity index (χ1) is 12.9. The van der Waals surface area contributed by atoms with Crippen molar-refractivity contribution in [1.29, 1.82) is 0 Å². The van der Waals surface area contributed by atoms with E-state index in [0.717, 1.165) is 4.88 Å². The molecule has 0 bridgehead atoms. The first kappa shape index (κ1) is 19.5. The Morgan fingerprint density at radius 3 is 2.48 bits per heavy atom. The molecular formula is C18H21N3O4S2. The molecule has 0 spiro atoms. The number of rotatable bonds is 5. The van der Waals surface area contributed by atoms with Crippen molar-refractivity contribution in [2.75, 3.05) is 26.2 Å². The molecule has 7 nitrogen and oxygen atoms in total. The monoisotopic (exact) mass is 407 g/mol. The van der Waals surface area contributed by atoms with Crippen LogP contribution in [0.1, 0.15) is 22.2 Å². The Morgan fingerprint density at radius 2 is 1.85 bits per heavy atom. The molecule has 1 aromatic carbocycles. The molecule has 2 heterocycles. The fourth-order valence-electron chi connectivity index (χ4n) is 2.87. The number of sulfonamides is 1. The highest BCUT2D eigenvalue weighted by Gasteiger charge is 2.29. The maximum absolute atomic E-state index is 12.9. The molecular weight excluding hydrogens is 386 g/mol. The second kappa shape index (κ2) is 8.20. The Morgan fingerprint density at radius 1 is 1.11 bits per heavy atom. The smallest absolute Gasteiger partial charge is 0.251 e. The van der Waals surface area contributed by atoms with Gasteiger partial charge < -0.3 is 10.2 Å². The number of benzene rings is 1. The molecule has 27 heavy (non-hydrogen) atoms. The van der Waals surface area contributed by atoms with Gasteiger partial charge in [0.15, 0.2) is 0 Å². The van der Waals surface area contributed by atoms with Crippen LogP contribution < -0.4 is 5.32 Å². The highest BCUT2D eigenvalue weighted by atomic mass is 32.2. The van der Waals surface area contributed by atoms with Gasteiger partial charge in [0.25, 0.3) is 5.91 Å². The molecule has 1 N–H and O–H groups in total. The Bertz CT molecular complexity index is 918. The number of amides is 2. The summed E-state index contributed by atoms with van der Waals surface area (Å²) in [5.74, 6) is -0.377. The summed E-state index contributed by atoms with van der Waals surface area (Å²) in [5.41, 5.74) is 0.301. The molecule has 9 heteroatoms. The molecule has 3 rings (SSSR count). The van der Waals surface area contributed by atoms with Gasteiger partial charge in [0.1, 0.15) is 0 Å². The molecule has 2 amide bonds. The minimum absolute atomic E-state index is 0.0588. The third-order valence-electron chi connectivity index (χ3n) is 4.42. The van der Waals surface area contributed by atoms with E-state index in [1.54, 1.807) is 28.4 Å². The zero-order chi connectivity index (χ0) is 19.4. The number of thiophene rings is 1. The molecule has 0 aliphatic carbocycles. The average molecular weight is 408 g/mol. The van der Waals surface area contributed by atoms with Gasteiger partial charge in [-0.15, -0.1) is 11.3 Å². The topological polar surface area (TPSA) is 86.8 Å². The number of carbonyl (C=O) groups is 2. The highest BCUT2D eigenvalue weighted by Crippen LogP contribution is 2.19. The van der Waals surface area contributed by atoms with Crippen LogP contribution in [-0.4, -0.2) is 55.6 Å². The van der Waals surface area contributed by atoms with Crippen molar-refractivity contribution < 1.29 is 18.0 Å². The van der Waals surface area contributed by atoms with Gasteiger partial charge in [-0.05, 0) is 29.6 Å². The lowest BCUT2D eigenvalue weighted by atomic mass is 10.2. The van der Waals surface area contributed by atoms with Crippen LogP contribution in [0.2, 0.25) is 0 Å². The number of carbonyl (C=O) groups excluding carboxylic acids is 2. The lowest BCUT2D eigenvalue weighted by Gasteiger charge is -2.33. The van der Waals surface area contributed by atoms with Gasteiger partial charge in [-0.2, -0.15) is 4.31 Å². The van der Waals surface area contributed by atoms with Crippen LogP contribution >= 0.6 is 11.3 Å². The third kappa shape index (κ3) is 4.55. The van der Waals surface area contributed by atoms with Crippen molar-refractivity contribution >= 4 is 33.2 Å². The van der Waals surface area contributed by atoms with Gasteiger partial charge in [-0.3, -0.25) is 9.59 Å². The minimum atomic E-state index is -3.71. The molecule has 1 aromatic heterocycles. The zero-order valence-corrected chi connectivity index (χ0v) is 16.6. The van der Waals surface area contributed by atoms with Gasteiger partial charge >= 0.3 is 0 Å². The summed E-state index contributed by atoms with van der Waals surface area (Å²) in [4.78, 5) is 26.5. The van der Waals surface area contributed by atoms with E-state index in [2.05, 4.69) is 5.32 Å². The fourth-order valence-corrected chi connectivity index (χ4v) is 4.99. The van der Waals surface area contributed by atoms with Gasteiger partial charge in [0.05, 0.1) is 11.4 Å². The predicted molar refractivity (Wildman–Crippen MR) is 103 cm³/mol. The quantitative estimate of drug-likeness (QED) is 0.814. The van der Waals surface area contributed by atoms with Gasteiger partial charge in [0, 0.05) is 43.5 Å². The van der Waals surface area contributed by atoms with Crippen molar-refractivity contribution in [3.63, 3.8) is 0 Å². The lowest BCUT2D eigenvalue weighted by molar-refractivity contribution is -0.129. The normalized spacial score (nSPS) is 15.5. The van der Waals surface area contributed by atoms with Crippen LogP contribution in [0.15, 0.2) is 46.7 Å². The fraction of sp³-hybridized carbons (Fsp3) is 0.333. The van der Waals surface area contributed by atoms with Crippen LogP contribution in [0.4, 0.5) is 0 Å². The molecule has 0 radical (unpaired) electrons. The van der Waals surface area contributed by atoms with E-state index in [-0.39, 0.29) is 29.8 Å². The zero-order valence-electron chi connectivity index (χ0n) is 14.9. The predicted octanol–water partition coefficient (Wildman–Crippen LogP) is 1.53. The molecule has 1 saturated heterocycles. The average Bonchev–Trinajstić information content (AvgIpc) is 3.20. The maximum Gasteiger partial charge on any atom is 0.251 e. The molecule has 0 atom stereocenters. The Kier molecular flexibility index (Phi) is 5.93. The highest BCUT2D eigenvalue weighted by molar-refractivity contribution is 7.89. The van der Waals surface area contributed by atoms with Crippen molar-refractivity contribution in [3.05, 3.63) is 52.2 Å². The van der Waals surface area contributed by atoms with E-state index in [4.69, 9.17) is 0 Å². The van der Waals surface area contributed by atoms with Gasteiger partial charge in [-0.1, -0.05) is 12.1 Å². The van der Waals surface area contributed by atoms with Gasteiger partial charge in [-0.25, -0.2) is 8.42 Å². The molecule has 1 aliphatic heterocycles. The van der Waals surface area contributed by atoms with E-state index < -0.39 is 10.0 Å². The maximum atomic E-state index is 12.9. The number of nitrogens with zero attached hydrogens (tertiary/aromatic N) is 2. The van der Waals surface area contributed by atoms with E-state index in [1.165, 1.54) is 23.4 Å². The first-order valence-electron chi connectivity index (χ1n) is 8.54. The molecule has 0 saturated carbocycles. The van der Waals surface area contributed by atoms with Crippen LogP contribution in [-0.2, 0) is 21.4 Å². The van der Waals surface area contributed by atoms with Crippen LogP contribution in [0, 0.1) is 0 Å². The summed E-state index contributed by atoms with van der Waals surface area (Å²) in [7, 11) is -3.71. The number of hydrogen-bond acceptors (Lipinski definition) is 5. The summed E-state index contributed by atoms with van der Waals surface area (Å²) < 4.78 is 27.1. The van der Waals surface area contributed by atoms with Crippen molar-refractivity contribution in [2.45, 2.75) is 18.4 Å². The van der Waals surface area contributed by atoms with Crippen LogP contribution in [0.3, 0.4) is 0 Å². The first-order valence-corrected chi connectivity index (χ1v) is 10.9. The van der Waals surface area contributed by atoms with E-state index >= 15 is 0 Å².